The van der Waals surface area contributed by atoms with E-state index in [9.17, 15) is 14.0 Å². The fourth-order valence-corrected chi connectivity index (χ4v) is 5.49. The van der Waals surface area contributed by atoms with Gasteiger partial charge in [0.1, 0.15) is 11.9 Å². The van der Waals surface area contributed by atoms with Crippen LogP contribution in [0.4, 0.5) is 4.39 Å². The van der Waals surface area contributed by atoms with Crippen LogP contribution in [-0.2, 0) is 24.1 Å². The number of hydrogen-bond donors (Lipinski definition) is 1. The van der Waals surface area contributed by atoms with Gasteiger partial charge in [-0.05, 0) is 65.8 Å². The van der Waals surface area contributed by atoms with Crippen LogP contribution in [0.25, 0.3) is 16.6 Å². The lowest BCUT2D eigenvalue weighted by atomic mass is 9.92. The number of fused-ring (bicyclic) bond motifs is 3. The summed E-state index contributed by atoms with van der Waals surface area (Å²) < 4.78 is 20.3. The zero-order valence-electron chi connectivity index (χ0n) is 20.3. The van der Waals surface area contributed by atoms with Crippen molar-refractivity contribution in [2.45, 2.75) is 31.7 Å². The third-order valence-corrected chi connectivity index (χ3v) is 7.33. The van der Waals surface area contributed by atoms with Crippen molar-refractivity contribution in [2.75, 3.05) is 13.6 Å². The molecule has 0 spiro atoms. The number of carbonyl (C=O) groups excluding carboxylic acids is 2. The highest BCUT2D eigenvalue weighted by Gasteiger charge is 2.40. The Morgan fingerprint density at radius 1 is 1.11 bits per heavy atom. The number of carbonyl (C=O) groups is 2. The molecule has 0 radical (unpaired) electrons. The van der Waals surface area contributed by atoms with Gasteiger partial charge in [-0.1, -0.05) is 18.2 Å². The molecule has 0 saturated carbocycles. The summed E-state index contributed by atoms with van der Waals surface area (Å²) in [5.74, 6) is -0.665. The third-order valence-electron chi connectivity index (χ3n) is 7.33. The molecule has 2 aliphatic rings. The van der Waals surface area contributed by atoms with Gasteiger partial charge in [-0.3, -0.25) is 19.6 Å². The predicted octanol–water partition coefficient (Wildman–Crippen LogP) is 4.12. The van der Waals surface area contributed by atoms with E-state index in [0.717, 1.165) is 38.9 Å². The predicted molar refractivity (Wildman–Crippen MR) is 136 cm³/mol. The van der Waals surface area contributed by atoms with Crippen molar-refractivity contribution in [1.29, 1.82) is 0 Å². The summed E-state index contributed by atoms with van der Waals surface area (Å²) in [7, 11) is 1.55. The van der Waals surface area contributed by atoms with Gasteiger partial charge >= 0.3 is 0 Å². The van der Waals surface area contributed by atoms with Gasteiger partial charge in [0.2, 0.25) is 5.91 Å². The number of aromatic nitrogens is 2. The van der Waals surface area contributed by atoms with Crippen LogP contribution >= 0.6 is 0 Å². The minimum atomic E-state index is -0.751. The van der Waals surface area contributed by atoms with Crippen LogP contribution in [0.2, 0.25) is 0 Å². The number of nitrogens with one attached hydrogen (secondary N) is 1. The Morgan fingerprint density at radius 2 is 1.95 bits per heavy atom. The summed E-state index contributed by atoms with van der Waals surface area (Å²) in [6, 6.07) is 12.0. The molecule has 3 heterocycles. The normalized spacial score (nSPS) is 16.6. The zero-order chi connectivity index (χ0) is 25.5. The summed E-state index contributed by atoms with van der Waals surface area (Å²) in [5.41, 5.74) is 6.80. The molecule has 0 fully saturated rings. The van der Waals surface area contributed by atoms with Crippen LogP contribution in [-0.4, -0.2) is 46.3 Å². The second-order valence-corrected chi connectivity index (χ2v) is 9.45. The molecule has 1 atom stereocenters. The highest BCUT2D eigenvalue weighted by atomic mass is 19.1. The molecule has 8 heteroatoms. The molecule has 0 bridgehead atoms. The maximum Gasteiger partial charge on any atom is 0.290 e. The van der Waals surface area contributed by atoms with E-state index in [1.165, 1.54) is 12.3 Å². The van der Waals surface area contributed by atoms with Gasteiger partial charge in [0.15, 0.2) is 5.76 Å². The number of amides is 2. The largest absolute Gasteiger partial charge is 0.459 e. The molecule has 6 rings (SSSR count). The van der Waals surface area contributed by atoms with Crippen molar-refractivity contribution >= 4 is 28.4 Å². The monoisotopic (exact) mass is 496 g/mol. The van der Waals surface area contributed by atoms with E-state index in [4.69, 9.17) is 4.42 Å². The Bertz CT molecular complexity index is 1570. The van der Waals surface area contributed by atoms with E-state index in [2.05, 4.69) is 15.3 Å². The Labute approximate surface area is 213 Å². The van der Waals surface area contributed by atoms with Crippen molar-refractivity contribution < 1.29 is 18.4 Å². The molecule has 1 aliphatic heterocycles. The molecule has 2 aromatic heterocycles. The van der Waals surface area contributed by atoms with Crippen molar-refractivity contribution in [3.05, 3.63) is 101 Å². The fraction of sp³-hybridized carbons (Fsp3) is 0.241. The number of hydrogen-bond acceptors (Lipinski definition) is 5. The topological polar surface area (TPSA) is 88.3 Å². The first kappa shape index (κ1) is 23.1. The van der Waals surface area contributed by atoms with Gasteiger partial charge < -0.3 is 14.6 Å². The third kappa shape index (κ3) is 4.08. The quantitative estimate of drug-likeness (QED) is 0.449. The lowest BCUT2D eigenvalue weighted by molar-refractivity contribution is -0.125. The molecule has 2 amide bonds. The summed E-state index contributed by atoms with van der Waals surface area (Å²) in [5, 5.41) is 2.67. The molecule has 186 valence electrons. The Hall–Kier alpha value is -4.33. The number of aryl methyl sites for hydroxylation is 2. The number of rotatable bonds is 5. The molecular formula is C29H25FN4O3. The van der Waals surface area contributed by atoms with E-state index in [0.29, 0.717) is 24.8 Å². The fourth-order valence-electron chi connectivity index (χ4n) is 5.49. The summed E-state index contributed by atoms with van der Waals surface area (Å²) in [4.78, 5) is 36.9. The average molecular weight is 497 g/mol. The first-order chi connectivity index (χ1) is 18.0. The highest BCUT2D eigenvalue weighted by molar-refractivity contribution is 5.99. The second-order valence-electron chi connectivity index (χ2n) is 9.45. The van der Waals surface area contributed by atoms with Gasteiger partial charge in [-0.15, -0.1) is 0 Å². The number of furan rings is 1. The molecule has 37 heavy (non-hydrogen) atoms. The number of halogens is 1. The van der Waals surface area contributed by atoms with Crippen molar-refractivity contribution in [3.8, 4) is 0 Å². The van der Waals surface area contributed by atoms with Crippen LogP contribution in [0.3, 0.4) is 0 Å². The van der Waals surface area contributed by atoms with Gasteiger partial charge in [-0.25, -0.2) is 4.39 Å². The van der Waals surface area contributed by atoms with E-state index in [1.54, 1.807) is 36.5 Å². The molecule has 1 aliphatic carbocycles. The van der Waals surface area contributed by atoms with Crippen LogP contribution in [0.1, 0.15) is 39.2 Å². The Balaban J connectivity index is 1.26. The first-order valence-electron chi connectivity index (χ1n) is 12.3. The van der Waals surface area contributed by atoms with Crippen molar-refractivity contribution in [2.24, 2.45) is 0 Å². The molecular weight excluding hydrogens is 471 g/mol. The van der Waals surface area contributed by atoms with Crippen LogP contribution in [0, 0.1) is 5.82 Å². The molecule has 7 nitrogen and oxygen atoms in total. The smallest absolute Gasteiger partial charge is 0.290 e. The summed E-state index contributed by atoms with van der Waals surface area (Å²) in [6.45, 7) is 0.254. The van der Waals surface area contributed by atoms with Gasteiger partial charge in [0, 0.05) is 43.5 Å². The maximum absolute atomic E-state index is 14.7. The standard InChI is InChI=1S/C29H25FN4O3/c1-31-28(35)25-15-21-20(14-19-3-2-4-22(30)26(19)21)16-34(25)29(36)27-18(9-12-37-27)7-5-17-6-8-23-24(13-17)33-11-10-32-23/h2-4,6,8-13,25H,5,7,14-16H2,1H3,(H,31,35)/t25-/m1/s1. The zero-order valence-corrected chi connectivity index (χ0v) is 20.3. The Kier molecular flexibility index (Phi) is 5.79. The average Bonchev–Trinajstić information content (AvgIpc) is 3.55. The lowest BCUT2D eigenvalue weighted by Crippen LogP contribution is -2.51. The molecule has 2 aromatic carbocycles. The minimum Gasteiger partial charge on any atom is -0.459 e. The Morgan fingerprint density at radius 3 is 2.78 bits per heavy atom. The summed E-state index contributed by atoms with van der Waals surface area (Å²) >= 11 is 0. The molecule has 0 saturated heterocycles. The van der Waals surface area contributed by atoms with Crippen LogP contribution in [0.5, 0.6) is 0 Å². The number of likely N-dealkylation sites (N-methyl/N-ethyl adjacent to an activating group) is 1. The van der Waals surface area contributed by atoms with E-state index in [-0.39, 0.29) is 36.4 Å². The maximum atomic E-state index is 14.7. The van der Waals surface area contributed by atoms with E-state index in [1.807, 2.05) is 24.3 Å². The number of nitrogens with zero attached hydrogens (tertiary/aromatic N) is 3. The number of benzene rings is 2. The van der Waals surface area contributed by atoms with Crippen molar-refractivity contribution in [3.63, 3.8) is 0 Å². The second kappa shape index (κ2) is 9.28. The van der Waals surface area contributed by atoms with Gasteiger partial charge in [-0.2, -0.15) is 0 Å². The highest BCUT2D eigenvalue weighted by Crippen LogP contribution is 2.42. The minimum absolute atomic E-state index is 0.236. The summed E-state index contributed by atoms with van der Waals surface area (Å²) in [6.07, 6.45) is 6.96. The van der Waals surface area contributed by atoms with Crippen molar-refractivity contribution in [1.82, 2.24) is 20.2 Å². The van der Waals surface area contributed by atoms with Gasteiger partial charge in [0.25, 0.3) is 5.91 Å². The molecule has 4 aromatic rings. The SMILES string of the molecule is CNC(=O)[C@H]1CC2=C(Cc3cccc(F)c32)CN1C(=O)c1occc1CCc1ccc2nccnc2c1. The van der Waals surface area contributed by atoms with Crippen LogP contribution < -0.4 is 5.32 Å². The molecule has 1 N–H and O–H groups in total. The lowest BCUT2D eigenvalue weighted by Gasteiger charge is -2.35. The van der Waals surface area contributed by atoms with E-state index >= 15 is 0 Å². The van der Waals surface area contributed by atoms with Gasteiger partial charge in [0.05, 0.1) is 17.3 Å². The molecule has 0 unspecified atom stereocenters. The first-order valence-corrected chi connectivity index (χ1v) is 12.3. The van der Waals surface area contributed by atoms with Crippen LogP contribution in [0.15, 0.2) is 71.1 Å². The van der Waals surface area contributed by atoms with E-state index < -0.39 is 6.04 Å².